The van der Waals surface area contributed by atoms with Crippen molar-refractivity contribution in [1.82, 2.24) is 20.2 Å². The van der Waals surface area contributed by atoms with Crippen LogP contribution >= 0.6 is 0 Å². The summed E-state index contributed by atoms with van der Waals surface area (Å²) in [5.74, 6) is 0.177. The Morgan fingerprint density at radius 3 is 2.47 bits per heavy atom. The zero-order chi connectivity index (χ0) is 23.6. The standard InChI is InChI=1S/C26H30N6O2/c33-25(29-11-5-17-32-15-2-1-3-16-32)20-6-4-7-23(18-20)30-24-19-21(8-14-28-24)26(34)31-22-9-12-27-13-10-22/h4,6-10,12-14,18-19H,1-3,5,11,15-17H2,(H,28,30)(H,29,33)(H,27,31,34). The maximum absolute atomic E-state index is 12.6. The molecule has 0 atom stereocenters. The van der Waals surface area contributed by atoms with Crippen LogP contribution in [0.4, 0.5) is 17.2 Å². The molecule has 8 heteroatoms. The number of hydrogen-bond acceptors (Lipinski definition) is 6. The lowest BCUT2D eigenvalue weighted by Crippen LogP contribution is -2.33. The van der Waals surface area contributed by atoms with Crippen molar-refractivity contribution in [2.75, 3.05) is 36.8 Å². The summed E-state index contributed by atoms with van der Waals surface area (Å²) in [6.45, 7) is 4.02. The number of piperidine rings is 1. The van der Waals surface area contributed by atoms with Gasteiger partial charge in [0.1, 0.15) is 5.82 Å². The van der Waals surface area contributed by atoms with Crippen LogP contribution in [0.5, 0.6) is 0 Å². The second-order valence-electron chi connectivity index (χ2n) is 8.34. The van der Waals surface area contributed by atoms with Crippen molar-refractivity contribution in [3.05, 3.63) is 78.2 Å². The number of nitrogens with one attached hydrogen (secondary N) is 3. The number of amides is 2. The van der Waals surface area contributed by atoms with Gasteiger partial charge >= 0.3 is 0 Å². The number of aromatic nitrogens is 2. The molecule has 3 N–H and O–H groups in total. The largest absolute Gasteiger partial charge is 0.352 e. The van der Waals surface area contributed by atoms with Gasteiger partial charge < -0.3 is 20.9 Å². The third-order valence-electron chi connectivity index (χ3n) is 5.74. The summed E-state index contributed by atoms with van der Waals surface area (Å²) in [7, 11) is 0. The zero-order valence-electron chi connectivity index (χ0n) is 19.2. The fraction of sp³-hybridized carbons (Fsp3) is 0.308. The number of rotatable bonds is 9. The molecule has 0 bridgehead atoms. The predicted molar refractivity (Wildman–Crippen MR) is 133 cm³/mol. The SMILES string of the molecule is O=C(NCCCN1CCCCC1)c1cccc(Nc2cc(C(=O)Nc3ccncc3)ccn2)c1. The second-order valence-corrected chi connectivity index (χ2v) is 8.34. The highest BCUT2D eigenvalue weighted by Crippen LogP contribution is 2.18. The number of anilines is 3. The van der Waals surface area contributed by atoms with Crippen molar-refractivity contribution >= 4 is 29.0 Å². The first-order valence-electron chi connectivity index (χ1n) is 11.7. The van der Waals surface area contributed by atoms with Gasteiger partial charge in [-0.25, -0.2) is 4.98 Å². The molecule has 1 saturated heterocycles. The Balaban J connectivity index is 1.30. The molecule has 1 aromatic carbocycles. The van der Waals surface area contributed by atoms with Crippen LogP contribution in [-0.2, 0) is 0 Å². The summed E-state index contributed by atoms with van der Waals surface area (Å²) < 4.78 is 0. The van der Waals surface area contributed by atoms with E-state index in [9.17, 15) is 9.59 Å². The zero-order valence-corrected chi connectivity index (χ0v) is 19.2. The molecule has 34 heavy (non-hydrogen) atoms. The van der Waals surface area contributed by atoms with E-state index in [2.05, 4.69) is 30.8 Å². The molecule has 1 aliphatic heterocycles. The maximum atomic E-state index is 12.6. The predicted octanol–water partition coefficient (Wildman–Crippen LogP) is 4.08. The van der Waals surface area contributed by atoms with Gasteiger partial charge in [-0.3, -0.25) is 14.6 Å². The van der Waals surface area contributed by atoms with E-state index in [1.54, 1.807) is 55.0 Å². The normalized spacial score (nSPS) is 13.8. The topological polar surface area (TPSA) is 99.2 Å². The van der Waals surface area contributed by atoms with Crippen molar-refractivity contribution in [3.8, 4) is 0 Å². The van der Waals surface area contributed by atoms with E-state index >= 15 is 0 Å². The van der Waals surface area contributed by atoms with Gasteiger partial charge in [-0.2, -0.15) is 0 Å². The van der Waals surface area contributed by atoms with Gasteiger partial charge in [0.2, 0.25) is 0 Å². The molecule has 0 radical (unpaired) electrons. The number of likely N-dealkylation sites (tertiary alicyclic amines) is 1. The molecule has 8 nitrogen and oxygen atoms in total. The summed E-state index contributed by atoms with van der Waals surface area (Å²) in [6, 6.07) is 14.0. The van der Waals surface area contributed by atoms with E-state index in [1.807, 2.05) is 12.1 Å². The lowest BCUT2D eigenvalue weighted by atomic mass is 10.1. The summed E-state index contributed by atoms with van der Waals surface area (Å²) in [6.07, 6.45) is 9.64. The van der Waals surface area contributed by atoms with Gasteiger partial charge in [-0.15, -0.1) is 0 Å². The quantitative estimate of drug-likeness (QED) is 0.418. The van der Waals surface area contributed by atoms with Crippen LogP contribution in [0.25, 0.3) is 0 Å². The van der Waals surface area contributed by atoms with Crippen molar-refractivity contribution in [1.29, 1.82) is 0 Å². The van der Waals surface area contributed by atoms with E-state index in [1.165, 1.54) is 32.4 Å². The van der Waals surface area contributed by atoms with Gasteiger partial charge in [0.15, 0.2) is 0 Å². The summed E-state index contributed by atoms with van der Waals surface area (Å²) in [5.41, 5.74) is 2.44. The molecule has 3 heterocycles. The van der Waals surface area contributed by atoms with Crippen LogP contribution < -0.4 is 16.0 Å². The Hall–Kier alpha value is -3.78. The van der Waals surface area contributed by atoms with Gasteiger partial charge in [-0.05, 0) is 81.4 Å². The Kier molecular flexibility index (Phi) is 8.18. The number of pyridine rings is 2. The molecule has 4 rings (SSSR count). The van der Waals surface area contributed by atoms with Gasteiger partial charge in [0.25, 0.3) is 11.8 Å². The minimum Gasteiger partial charge on any atom is -0.352 e. The Morgan fingerprint density at radius 1 is 0.853 bits per heavy atom. The first kappa shape index (κ1) is 23.4. The highest BCUT2D eigenvalue weighted by atomic mass is 16.2. The third-order valence-corrected chi connectivity index (χ3v) is 5.74. The number of hydrogen-bond donors (Lipinski definition) is 3. The Bertz CT molecular complexity index is 1100. The van der Waals surface area contributed by atoms with E-state index in [0.29, 0.717) is 29.2 Å². The minimum absolute atomic E-state index is 0.0965. The highest BCUT2D eigenvalue weighted by Gasteiger charge is 2.11. The van der Waals surface area contributed by atoms with E-state index < -0.39 is 0 Å². The number of carbonyl (C=O) groups is 2. The molecule has 2 amide bonds. The Morgan fingerprint density at radius 2 is 1.65 bits per heavy atom. The van der Waals surface area contributed by atoms with E-state index in [-0.39, 0.29) is 11.8 Å². The second kappa shape index (κ2) is 11.9. The Labute approximate surface area is 199 Å². The molecule has 0 aliphatic carbocycles. The van der Waals surface area contributed by atoms with Gasteiger partial charge in [0.05, 0.1) is 0 Å². The smallest absolute Gasteiger partial charge is 0.255 e. The maximum Gasteiger partial charge on any atom is 0.255 e. The summed E-state index contributed by atoms with van der Waals surface area (Å²) >= 11 is 0. The fourth-order valence-corrected chi connectivity index (χ4v) is 3.95. The summed E-state index contributed by atoms with van der Waals surface area (Å²) in [4.78, 5) is 35.8. The van der Waals surface area contributed by atoms with Gasteiger partial charge in [-0.1, -0.05) is 12.5 Å². The monoisotopic (exact) mass is 458 g/mol. The molecule has 0 saturated carbocycles. The van der Waals surface area contributed by atoms with Crippen LogP contribution in [0.1, 0.15) is 46.4 Å². The molecule has 3 aromatic rings. The average molecular weight is 459 g/mol. The molecule has 1 aliphatic rings. The lowest BCUT2D eigenvalue weighted by Gasteiger charge is -2.26. The van der Waals surface area contributed by atoms with Crippen molar-refractivity contribution in [2.24, 2.45) is 0 Å². The van der Waals surface area contributed by atoms with Crippen molar-refractivity contribution in [2.45, 2.75) is 25.7 Å². The number of nitrogens with zero attached hydrogens (tertiary/aromatic N) is 3. The molecular formula is C26H30N6O2. The third kappa shape index (κ3) is 6.86. The minimum atomic E-state index is -0.241. The van der Waals surface area contributed by atoms with Crippen LogP contribution in [0, 0.1) is 0 Å². The van der Waals surface area contributed by atoms with E-state index in [0.717, 1.165) is 18.7 Å². The molecule has 1 fully saturated rings. The molecule has 176 valence electrons. The first-order valence-corrected chi connectivity index (χ1v) is 11.7. The van der Waals surface area contributed by atoms with Crippen molar-refractivity contribution in [3.63, 3.8) is 0 Å². The summed E-state index contributed by atoms with van der Waals surface area (Å²) in [5, 5.41) is 9.02. The number of carbonyl (C=O) groups excluding carboxylic acids is 2. The van der Waals surface area contributed by atoms with Crippen LogP contribution in [0.3, 0.4) is 0 Å². The molecule has 0 spiro atoms. The fourth-order valence-electron chi connectivity index (χ4n) is 3.95. The molecule has 0 unspecified atom stereocenters. The lowest BCUT2D eigenvalue weighted by molar-refractivity contribution is 0.0950. The van der Waals surface area contributed by atoms with Crippen molar-refractivity contribution < 1.29 is 9.59 Å². The average Bonchev–Trinajstić information content (AvgIpc) is 2.88. The first-order chi connectivity index (χ1) is 16.7. The van der Waals surface area contributed by atoms with Crippen LogP contribution in [-0.4, -0.2) is 52.9 Å². The molecular weight excluding hydrogens is 428 g/mol. The van der Waals surface area contributed by atoms with Crippen LogP contribution in [0.2, 0.25) is 0 Å². The van der Waals surface area contributed by atoms with Gasteiger partial charge in [0, 0.05) is 47.6 Å². The van der Waals surface area contributed by atoms with E-state index in [4.69, 9.17) is 0 Å². The number of benzene rings is 1. The molecule has 2 aromatic heterocycles. The van der Waals surface area contributed by atoms with Crippen LogP contribution in [0.15, 0.2) is 67.1 Å². The highest BCUT2D eigenvalue weighted by molar-refractivity contribution is 6.04.